The maximum absolute atomic E-state index is 5.45. The summed E-state index contributed by atoms with van der Waals surface area (Å²) in [5, 5.41) is 0. The summed E-state index contributed by atoms with van der Waals surface area (Å²) in [6.07, 6.45) is 3.54. The van der Waals surface area contributed by atoms with Crippen LogP contribution in [0.25, 0.3) is 0 Å². The third-order valence-electron chi connectivity index (χ3n) is 2.37. The average Bonchev–Trinajstić information content (AvgIpc) is 2.58. The zero-order valence-electron chi connectivity index (χ0n) is 13.8. The summed E-state index contributed by atoms with van der Waals surface area (Å²) in [6, 6.07) is 3.87. The molecule has 0 unspecified atom stereocenters. The molecule has 0 aliphatic heterocycles. The van der Waals surface area contributed by atoms with E-state index >= 15 is 0 Å². The molecular weight excluding hydrogens is 284 g/mol. The van der Waals surface area contributed by atoms with Crippen molar-refractivity contribution >= 4 is 0 Å². The number of ether oxygens (including phenoxy) is 4. The van der Waals surface area contributed by atoms with Crippen LogP contribution in [-0.2, 0) is 25.6 Å². The highest BCUT2D eigenvalue weighted by Crippen LogP contribution is 1.97. The lowest BCUT2D eigenvalue weighted by atomic mass is 10.3. The van der Waals surface area contributed by atoms with Crippen LogP contribution in [-0.4, -0.2) is 57.8 Å². The summed E-state index contributed by atoms with van der Waals surface area (Å²) < 4.78 is 21.3. The van der Waals surface area contributed by atoms with Crippen molar-refractivity contribution in [3.63, 3.8) is 0 Å². The predicted octanol–water partition coefficient (Wildman–Crippen LogP) is 1.63. The van der Waals surface area contributed by atoms with Crippen molar-refractivity contribution < 1.29 is 18.9 Å². The standard InChI is InChI=1S/C14H24N2O4.C2H6/c15-3-5-17-6-7-18-8-9-19-10-11-20-13-14-2-1-4-16-12-14;1-2/h1-2,4,12H,3,5-11,13,15H2;1-2H3. The minimum atomic E-state index is 0.544. The molecule has 2 N–H and O–H groups in total. The van der Waals surface area contributed by atoms with E-state index in [4.69, 9.17) is 24.7 Å². The Hall–Kier alpha value is -1.05. The third-order valence-corrected chi connectivity index (χ3v) is 2.37. The second-order valence-corrected chi connectivity index (χ2v) is 4.04. The number of aromatic nitrogens is 1. The molecule has 1 aromatic heterocycles. The lowest BCUT2D eigenvalue weighted by Gasteiger charge is -2.07. The Morgan fingerprint density at radius 2 is 1.41 bits per heavy atom. The van der Waals surface area contributed by atoms with Gasteiger partial charge in [0.1, 0.15) is 0 Å². The van der Waals surface area contributed by atoms with Crippen LogP contribution in [0.2, 0.25) is 0 Å². The first-order valence-corrected chi connectivity index (χ1v) is 7.83. The Morgan fingerprint density at radius 3 is 1.91 bits per heavy atom. The van der Waals surface area contributed by atoms with Gasteiger partial charge in [0.25, 0.3) is 0 Å². The molecule has 0 radical (unpaired) electrons. The van der Waals surface area contributed by atoms with Gasteiger partial charge < -0.3 is 24.7 Å². The summed E-state index contributed by atoms with van der Waals surface area (Å²) in [4.78, 5) is 4.02. The van der Waals surface area contributed by atoms with Gasteiger partial charge in [-0.05, 0) is 11.6 Å². The monoisotopic (exact) mass is 314 g/mol. The Morgan fingerprint density at radius 1 is 0.864 bits per heavy atom. The van der Waals surface area contributed by atoms with Gasteiger partial charge in [0, 0.05) is 18.9 Å². The van der Waals surface area contributed by atoms with Gasteiger partial charge >= 0.3 is 0 Å². The quantitative estimate of drug-likeness (QED) is 0.558. The number of nitrogens with zero attached hydrogens (tertiary/aromatic N) is 1. The number of hydrogen-bond donors (Lipinski definition) is 1. The van der Waals surface area contributed by atoms with Gasteiger partial charge in [-0.1, -0.05) is 19.9 Å². The molecule has 0 spiro atoms. The first-order valence-electron chi connectivity index (χ1n) is 7.83. The SMILES string of the molecule is CC.NCCOCCOCCOCCOCc1cccnc1. The molecule has 0 fully saturated rings. The summed E-state index contributed by atoms with van der Waals surface area (Å²) in [5.41, 5.74) is 6.35. The first kappa shape index (κ1) is 20.9. The van der Waals surface area contributed by atoms with Crippen molar-refractivity contribution in [2.75, 3.05) is 52.8 Å². The first-order chi connectivity index (χ1) is 10.9. The Balaban J connectivity index is 0.00000211. The minimum Gasteiger partial charge on any atom is -0.378 e. The van der Waals surface area contributed by atoms with E-state index in [2.05, 4.69) is 4.98 Å². The molecule has 6 heteroatoms. The van der Waals surface area contributed by atoms with Crippen molar-refractivity contribution in [1.82, 2.24) is 4.98 Å². The van der Waals surface area contributed by atoms with E-state index in [1.807, 2.05) is 26.0 Å². The summed E-state index contributed by atoms with van der Waals surface area (Å²) in [6.45, 7) is 9.08. The lowest BCUT2D eigenvalue weighted by molar-refractivity contribution is -0.00337. The molecule has 0 aliphatic rings. The van der Waals surface area contributed by atoms with Crippen LogP contribution >= 0.6 is 0 Å². The van der Waals surface area contributed by atoms with Gasteiger partial charge in [-0.2, -0.15) is 0 Å². The van der Waals surface area contributed by atoms with Gasteiger partial charge in [0.05, 0.1) is 52.9 Å². The van der Waals surface area contributed by atoms with Crippen molar-refractivity contribution in [2.24, 2.45) is 5.73 Å². The number of hydrogen-bond acceptors (Lipinski definition) is 6. The molecule has 0 saturated carbocycles. The highest BCUT2D eigenvalue weighted by atomic mass is 16.6. The van der Waals surface area contributed by atoms with E-state index in [1.165, 1.54) is 0 Å². The van der Waals surface area contributed by atoms with Crippen LogP contribution in [0, 0.1) is 0 Å². The van der Waals surface area contributed by atoms with Crippen molar-refractivity contribution in [3.05, 3.63) is 30.1 Å². The second kappa shape index (κ2) is 18.0. The second-order valence-electron chi connectivity index (χ2n) is 4.04. The normalized spacial score (nSPS) is 10.1. The van der Waals surface area contributed by atoms with E-state index in [9.17, 15) is 0 Å². The molecule has 0 atom stereocenters. The van der Waals surface area contributed by atoms with Crippen molar-refractivity contribution in [3.8, 4) is 0 Å². The van der Waals surface area contributed by atoms with Crippen LogP contribution in [0.15, 0.2) is 24.5 Å². The molecule has 0 amide bonds. The molecule has 1 aromatic rings. The molecular formula is C16H30N2O4. The van der Waals surface area contributed by atoms with Gasteiger partial charge in [-0.15, -0.1) is 0 Å². The lowest BCUT2D eigenvalue weighted by Crippen LogP contribution is -2.14. The van der Waals surface area contributed by atoms with Gasteiger partial charge in [0.2, 0.25) is 0 Å². The summed E-state index contributed by atoms with van der Waals surface area (Å²) >= 11 is 0. The fourth-order valence-corrected chi connectivity index (χ4v) is 1.42. The number of nitrogens with two attached hydrogens (primary N) is 1. The molecule has 22 heavy (non-hydrogen) atoms. The third kappa shape index (κ3) is 13.9. The van der Waals surface area contributed by atoms with Crippen molar-refractivity contribution in [1.29, 1.82) is 0 Å². The van der Waals surface area contributed by atoms with Crippen molar-refractivity contribution in [2.45, 2.75) is 20.5 Å². The fourth-order valence-electron chi connectivity index (χ4n) is 1.42. The molecule has 0 saturated heterocycles. The van der Waals surface area contributed by atoms with E-state index in [0.717, 1.165) is 5.56 Å². The number of pyridine rings is 1. The molecule has 128 valence electrons. The van der Waals surface area contributed by atoms with E-state index in [1.54, 1.807) is 12.4 Å². The van der Waals surface area contributed by atoms with Crippen LogP contribution in [0.1, 0.15) is 19.4 Å². The molecule has 0 bridgehead atoms. The Labute approximate surface area is 133 Å². The zero-order chi connectivity index (χ0) is 16.3. The van der Waals surface area contributed by atoms with E-state index in [-0.39, 0.29) is 0 Å². The average molecular weight is 314 g/mol. The smallest absolute Gasteiger partial charge is 0.0732 e. The van der Waals surface area contributed by atoms with Gasteiger partial charge in [0.15, 0.2) is 0 Å². The predicted molar refractivity (Wildman–Crippen MR) is 86.8 cm³/mol. The minimum absolute atomic E-state index is 0.544. The summed E-state index contributed by atoms with van der Waals surface area (Å²) in [7, 11) is 0. The zero-order valence-corrected chi connectivity index (χ0v) is 13.8. The highest BCUT2D eigenvalue weighted by molar-refractivity contribution is 5.06. The number of rotatable bonds is 13. The maximum atomic E-state index is 5.45. The van der Waals surface area contributed by atoms with Crippen LogP contribution < -0.4 is 5.73 Å². The maximum Gasteiger partial charge on any atom is 0.0732 e. The molecule has 1 rings (SSSR count). The van der Waals surface area contributed by atoms with Gasteiger partial charge in [-0.25, -0.2) is 0 Å². The van der Waals surface area contributed by atoms with Gasteiger partial charge in [-0.3, -0.25) is 4.98 Å². The fraction of sp³-hybridized carbons (Fsp3) is 0.688. The van der Waals surface area contributed by atoms with E-state index < -0.39 is 0 Å². The molecule has 6 nitrogen and oxygen atoms in total. The van der Waals surface area contributed by atoms with Crippen LogP contribution in [0.3, 0.4) is 0 Å². The highest BCUT2D eigenvalue weighted by Gasteiger charge is 1.94. The topological polar surface area (TPSA) is 75.8 Å². The van der Waals surface area contributed by atoms with Crippen LogP contribution in [0.4, 0.5) is 0 Å². The van der Waals surface area contributed by atoms with Crippen LogP contribution in [0.5, 0.6) is 0 Å². The summed E-state index contributed by atoms with van der Waals surface area (Å²) in [5.74, 6) is 0. The molecule has 1 heterocycles. The Kier molecular flexibility index (Phi) is 17.1. The largest absolute Gasteiger partial charge is 0.378 e. The Bertz CT molecular complexity index is 312. The molecule has 0 aliphatic carbocycles. The van der Waals surface area contributed by atoms with E-state index in [0.29, 0.717) is 59.4 Å². The molecule has 0 aromatic carbocycles.